The molecule has 0 radical (unpaired) electrons. The topological polar surface area (TPSA) is 61.4 Å². The lowest BCUT2D eigenvalue weighted by Gasteiger charge is -2.48. The number of piperidine rings is 1. The van der Waals surface area contributed by atoms with Gasteiger partial charge in [-0.25, -0.2) is 0 Å². The molecule has 2 heterocycles. The standard InChI is InChI=1S/C33H34F3N3O2/c1-20-10-13-25(19-29(20)33(34,35)36)38-31(40)28-17-16-26-18-22-6-2-5-9-27(22)32(41)39(26)30(28)21-11-14-24(15-12-21)37-23-7-3-4-8-23/h2,5-6,9-15,19,23,26,28,30,37H,3-4,7-8,16-18H2,1H3,(H,38,40)/t26?,28-,30-/m0/s1. The average Bonchev–Trinajstić information content (AvgIpc) is 3.46. The van der Waals surface area contributed by atoms with Gasteiger partial charge >= 0.3 is 6.18 Å². The van der Waals surface area contributed by atoms with Crippen LogP contribution in [0.2, 0.25) is 0 Å². The first-order valence-electron chi connectivity index (χ1n) is 14.4. The fourth-order valence-corrected chi connectivity index (χ4v) is 6.87. The predicted molar refractivity (Wildman–Crippen MR) is 153 cm³/mol. The van der Waals surface area contributed by atoms with Crippen molar-refractivity contribution in [3.05, 3.63) is 94.5 Å². The molecule has 1 saturated carbocycles. The summed E-state index contributed by atoms with van der Waals surface area (Å²) in [5.41, 5.74) is 2.92. The van der Waals surface area contributed by atoms with Gasteiger partial charge in [-0.05, 0) is 86.1 Å². The number of fused-ring (bicyclic) bond motifs is 2. The van der Waals surface area contributed by atoms with Gasteiger partial charge in [-0.1, -0.05) is 49.2 Å². The van der Waals surface area contributed by atoms with Gasteiger partial charge in [0, 0.05) is 29.0 Å². The summed E-state index contributed by atoms with van der Waals surface area (Å²) in [6.07, 6.45) is 2.08. The molecular formula is C33H34F3N3O2. The Hall–Kier alpha value is -3.81. The number of nitrogens with one attached hydrogen (secondary N) is 2. The van der Waals surface area contributed by atoms with Crippen molar-refractivity contribution in [2.45, 2.75) is 76.2 Å². The molecule has 2 amide bonds. The maximum Gasteiger partial charge on any atom is 0.416 e. The summed E-state index contributed by atoms with van der Waals surface area (Å²) in [4.78, 5) is 29.5. The van der Waals surface area contributed by atoms with Gasteiger partial charge in [0.1, 0.15) is 0 Å². The van der Waals surface area contributed by atoms with Gasteiger partial charge in [-0.3, -0.25) is 9.59 Å². The Morgan fingerprint density at radius 2 is 1.61 bits per heavy atom. The van der Waals surface area contributed by atoms with Gasteiger partial charge in [-0.2, -0.15) is 13.2 Å². The SMILES string of the molecule is Cc1ccc(NC(=O)[C@H]2CCC3Cc4ccccc4C(=O)N3[C@H]2c2ccc(NC3CCCC3)cc2)cc1C(F)(F)F. The quantitative estimate of drug-likeness (QED) is 0.339. The molecule has 1 aliphatic carbocycles. The second kappa shape index (κ2) is 10.9. The minimum atomic E-state index is -4.52. The van der Waals surface area contributed by atoms with Crippen LogP contribution in [0.4, 0.5) is 24.5 Å². The van der Waals surface area contributed by atoms with Crippen LogP contribution < -0.4 is 10.6 Å². The number of halogens is 3. The number of alkyl halides is 3. The van der Waals surface area contributed by atoms with Crippen LogP contribution >= 0.6 is 0 Å². The Kier molecular flexibility index (Phi) is 7.26. The molecule has 6 rings (SSSR count). The molecule has 41 heavy (non-hydrogen) atoms. The van der Waals surface area contributed by atoms with E-state index in [0.29, 0.717) is 30.9 Å². The normalized spacial score (nSPS) is 22.7. The summed E-state index contributed by atoms with van der Waals surface area (Å²) in [7, 11) is 0. The second-order valence-electron chi connectivity index (χ2n) is 11.6. The number of amides is 2. The van der Waals surface area contributed by atoms with Crippen LogP contribution in [0.1, 0.15) is 77.2 Å². The number of hydrogen-bond acceptors (Lipinski definition) is 3. The van der Waals surface area contributed by atoms with Gasteiger partial charge < -0.3 is 15.5 Å². The highest BCUT2D eigenvalue weighted by atomic mass is 19.4. The lowest BCUT2D eigenvalue weighted by Crippen LogP contribution is -2.54. The van der Waals surface area contributed by atoms with Gasteiger partial charge in [-0.15, -0.1) is 0 Å². The molecule has 2 aliphatic heterocycles. The Balaban J connectivity index is 1.32. The number of rotatable bonds is 5. The Bertz CT molecular complexity index is 1450. The lowest BCUT2D eigenvalue weighted by atomic mass is 9.77. The molecule has 3 atom stereocenters. The van der Waals surface area contributed by atoms with E-state index in [9.17, 15) is 22.8 Å². The number of nitrogens with zero attached hydrogens (tertiary/aromatic N) is 1. The number of aryl methyl sites for hydroxylation is 1. The van der Waals surface area contributed by atoms with Crippen LogP contribution in [0, 0.1) is 12.8 Å². The van der Waals surface area contributed by atoms with Crippen molar-refractivity contribution in [3.63, 3.8) is 0 Å². The molecule has 5 nitrogen and oxygen atoms in total. The monoisotopic (exact) mass is 561 g/mol. The minimum Gasteiger partial charge on any atom is -0.382 e. The van der Waals surface area contributed by atoms with Crippen molar-refractivity contribution in [2.75, 3.05) is 10.6 Å². The second-order valence-corrected chi connectivity index (χ2v) is 11.6. The van der Waals surface area contributed by atoms with Crippen molar-refractivity contribution >= 4 is 23.2 Å². The van der Waals surface area contributed by atoms with Crippen molar-refractivity contribution < 1.29 is 22.8 Å². The molecule has 0 bridgehead atoms. The maximum atomic E-state index is 13.9. The molecule has 3 aromatic rings. The number of hydrogen-bond donors (Lipinski definition) is 2. The zero-order chi connectivity index (χ0) is 28.7. The third-order valence-electron chi connectivity index (χ3n) is 8.95. The van der Waals surface area contributed by atoms with E-state index in [4.69, 9.17) is 0 Å². The summed E-state index contributed by atoms with van der Waals surface area (Å²) in [6.45, 7) is 1.40. The summed E-state index contributed by atoms with van der Waals surface area (Å²) in [5.74, 6) is -1.11. The highest BCUT2D eigenvalue weighted by Crippen LogP contribution is 2.44. The number of benzene rings is 3. The molecule has 2 fully saturated rings. The van der Waals surface area contributed by atoms with E-state index in [1.54, 1.807) is 0 Å². The van der Waals surface area contributed by atoms with E-state index in [0.717, 1.165) is 35.7 Å². The van der Waals surface area contributed by atoms with E-state index >= 15 is 0 Å². The van der Waals surface area contributed by atoms with E-state index in [2.05, 4.69) is 10.6 Å². The number of carbonyl (C=O) groups excluding carboxylic acids is 2. The maximum absolute atomic E-state index is 13.9. The van der Waals surface area contributed by atoms with Crippen molar-refractivity contribution in [2.24, 2.45) is 5.92 Å². The molecule has 8 heteroatoms. The molecule has 1 unspecified atom stereocenters. The van der Waals surface area contributed by atoms with Crippen LogP contribution in [-0.4, -0.2) is 28.8 Å². The molecule has 1 saturated heterocycles. The molecule has 214 valence electrons. The molecule has 3 aliphatic rings. The van der Waals surface area contributed by atoms with Gasteiger partial charge in [0.05, 0.1) is 17.5 Å². The van der Waals surface area contributed by atoms with E-state index < -0.39 is 23.7 Å². The van der Waals surface area contributed by atoms with Crippen LogP contribution in [0.5, 0.6) is 0 Å². The van der Waals surface area contributed by atoms with E-state index in [1.807, 2.05) is 53.4 Å². The Labute approximate surface area is 238 Å². The van der Waals surface area contributed by atoms with E-state index in [1.165, 1.54) is 31.9 Å². The first-order valence-corrected chi connectivity index (χ1v) is 14.4. The third kappa shape index (κ3) is 5.44. The molecular weight excluding hydrogens is 527 g/mol. The van der Waals surface area contributed by atoms with Gasteiger partial charge in [0.2, 0.25) is 5.91 Å². The number of carbonyl (C=O) groups is 2. The summed E-state index contributed by atoms with van der Waals surface area (Å²) < 4.78 is 40.7. The molecule has 2 N–H and O–H groups in total. The minimum absolute atomic E-state index is 0.0565. The van der Waals surface area contributed by atoms with Crippen molar-refractivity contribution in [1.29, 1.82) is 0 Å². The van der Waals surface area contributed by atoms with Crippen molar-refractivity contribution in [3.8, 4) is 0 Å². The van der Waals surface area contributed by atoms with Crippen LogP contribution in [0.25, 0.3) is 0 Å². The highest BCUT2D eigenvalue weighted by molar-refractivity contribution is 5.99. The lowest BCUT2D eigenvalue weighted by molar-refractivity contribution is -0.138. The van der Waals surface area contributed by atoms with Crippen LogP contribution in [0.15, 0.2) is 66.7 Å². The molecule has 0 spiro atoms. The van der Waals surface area contributed by atoms with Gasteiger partial charge in [0.15, 0.2) is 0 Å². The Morgan fingerprint density at radius 3 is 2.34 bits per heavy atom. The van der Waals surface area contributed by atoms with Gasteiger partial charge in [0.25, 0.3) is 5.91 Å². The third-order valence-corrected chi connectivity index (χ3v) is 8.95. The predicted octanol–water partition coefficient (Wildman–Crippen LogP) is 7.53. The first kappa shape index (κ1) is 27.4. The van der Waals surface area contributed by atoms with Crippen LogP contribution in [-0.2, 0) is 17.4 Å². The fourth-order valence-electron chi connectivity index (χ4n) is 6.87. The fraction of sp³-hybridized carbons (Fsp3) is 0.394. The summed E-state index contributed by atoms with van der Waals surface area (Å²) in [6, 6.07) is 19.3. The zero-order valence-electron chi connectivity index (χ0n) is 23.0. The molecule has 3 aromatic carbocycles. The molecule has 0 aromatic heterocycles. The zero-order valence-corrected chi connectivity index (χ0v) is 23.0. The summed E-state index contributed by atoms with van der Waals surface area (Å²) >= 11 is 0. The largest absolute Gasteiger partial charge is 0.416 e. The number of anilines is 2. The highest BCUT2D eigenvalue weighted by Gasteiger charge is 2.46. The smallest absolute Gasteiger partial charge is 0.382 e. The van der Waals surface area contributed by atoms with Crippen molar-refractivity contribution in [1.82, 2.24) is 4.90 Å². The average molecular weight is 562 g/mol. The first-order chi connectivity index (χ1) is 19.7. The van der Waals surface area contributed by atoms with Crippen LogP contribution in [0.3, 0.4) is 0 Å². The summed E-state index contributed by atoms with van der Waals surface area (Å²) in [5, 5.41) is 6.34. The van der Waals surface area contributed by atoms with E-state index in [-0.39, 0.29) is 29.1 Å². The Morgan fingerprint density at radius 1 is 0.902 bits per heavy atom.